The second-order valence-corrected chi connectivity index (χ2v) is 5.13. The minimum Gasteiger partial charge on any atom is -0.465 e. The van der Waals surface area contributed by atoms with Crippen molar-refractivity contribution in [2.75, 3.05) is 13.4 Å². The number of methoxy groups -OCH3 is 1. The van der Waals surface area contributed by atoms with Gasteiger partial charge in [0, 0.05) is 17.8 Å². The van der Waals surface area contributed by atoms with E-state index in [2.05, 4.69) is 9.97 Å². The van der Waals surface area contributed by atoms with Crippen LogP contribution in [0.2, 0.25) is 0 Å². The number of rotatable bonds is 3. The Morgan fingerprint density at radius 3 is 2.90 bits per heavy atom. The smallest absolute Gasteiger partial charge is 0.337 e. The molecule has 6 heteroatoms. The van der Waals surface area contributed by atoms with Gasteiger partial charge in [-0.2, -0.15) is 0 Å². The molecular weight excluding hydrogens is 286 g/mol. The van der Waals surface area contributed by atoms with Crippen molar-refractivity contribution in [3.63, 3.8) is 0 Å². The predicted molar refractivity (Wildman–Crippen MR) is 82.0 cm³/mol. The molecule has 3 aromatic rings. The Kier molecular flexibility index (Phi) is 3.62. The number of hydrogen-bond acceptors (Lipinski definition) is 5. The summed E-state index contributed by atoms with van der Waals surface area (Å²) in [7, 11) is 1.38. The number of ether oxygens (including phenoxy) is 1. The van der Waals surface area contributed by atoms with Gasteiger partial charge in [-0.1, -0.05) is 17.8 Å². The van der Waals surface area contributed by atoms with E-state index in [4.69, 9.17) is 4.74 Å². The summed E-state index contributed by atoms with van der Waals surface area (Å²) in [6, 6.07) is 9.28. The number of thioether (sulfide) groups is 1. The summed E-state index contributed by atoms with van der Waals surface area (Å²) in [4.78, 5) is 20.3. The Morgan fingerprint density at radius 1 is 1.29 bits per heavy atom. The summed E-state index contributed by atoms with van der Waals surface area (Å²) < 4.78 is 6.70. The van der Waals surface area contributed by atoms with Crippen LogP contribution in [0.5, 0.6) is 0 Å². The van der Waals surface area contributed by atoms with Crippen molar-refractivity contribution in [3.05, 3.63) is 48.3 Å². The molecule has 0 amide bonds. The minimum atomic E-state index is -0.350. The summed E-state index contributed by atoms with van der Waals surface area (Å²) in [5, 5.41) is 1.74. The molecule has 0 aliphatic carbocycles. The van der Waals surface area contributed by atoms with E-state index in [1.165, 1.54) is 18.9 Å². The first kappa shape index (κ1) is 13.6. The van der Waals surface area contributed by atoms with Crippen LogP contribution in [0.4, 0.5) is 0 Å². The number of hydrogen-bond donors (Lipinski definition) is 0. The van der Waals surface area contributed by atoms with Crippen molar-refractivity contribution in [1.29, 1.82) is 0 Å². The molecule has 2 heterocycles. The van der Waals surface area contributed by atoms with Gasteiger partial charge in [-0.15, -0.1) is 0 Å². The molecule has 5 nitrogen and oxygen atoms in total. The van der Waals surface area contributed by atoms with Crippen LogP contribution >= 0.6 is 11.8 Å². The number of esters is 1. The molecule has 2 aromatic heterocycles. The van der Waals surface area contributed by atoms with Crippen LogP contribution in [0.25, 0.3) is 16.7 Å². The van der Waals surface area contributed by atoms with Crippen LogP contribution in [-0.4, -0.2) is 33.9 Å². The molecule has 0 fully saturated rings. The summed E-state index contributed by atoms with van der Waals surface area (Å²) in [5.74, 6) is 0.420. The first-order valence-corrected chi connectivity index (χ1v) is 7.52. The third-order valence-electron chi connectivity index (χ3n) is 3.16. The molecule has 1 aromatic carbocycles. The molecule has 0 saturated heterocycles. The molecule has 0 radical (unpaired) electrons. The van der Waals surface area contributed by atoms with E-state index >= 15 is 0 Å². The van der Waals surface area contributed by atoms with E-state index in [1.54, 1.807) is 12.3 Å². The van der Waals surface area contributed by atoms with Crippen molar-refractivity contribution < 1.29 is 9.53 Å². The molecule has 0 atom stereocenters. The van der Waals surface area contributed by atoms with Gasteiger partial charge < -0.3 is 9.30 Å². The molecule has 0 unspecified atom stereocenters. The van der Waals surface area contributed by atoms with E-state index in [0.29, 0.717) is 10.7 Å². The van der Waals surface area contributed by atoms with E-state index in [9.17, 15) is 4.79 Å². The Bertz CT molecular complexity index is 814. The first-order valence-electron chi connectivity index (χ1n) is 6.30. The third-order valence-corrected chi connectivity index (χ3v) is 3.72. The zero-order chi connectivity index (χ0) is 14.8. The summed E-state index contributed by atoms with van der Waals surface area (Å²) in [6.07, 6.45) is 5.59. The lowest BCUT2D eigenvalue weighted by atomic mass is 10.1. The van der Waals surface area contributed by atoms with Crippen molar-refractivity contribution in [2.45, 2.75) is 5.16 Å². The molecule has 0 aliphatic rings. The van der Waals surface area contributed by atoms with E-state index in [-0.39, 0.29) is 5.97 Å². The Balaban J connectivity index is 2.15. The van der Waals surface area contributed by atoms with Gasteiger partial charge >= 0.3 is 5.97 Å². The van der Waals surface area contributed by atoms with Gasteiger partial charge in [0.05, 0.1) is 18.2 Å². The Morgan fingerprint density at radius 2 is 2.14 bits per heavy atom. The van der Waals surface area contributed by atoms with Crippen LogP contribution in [0.1, 0.15) is 10.4 Å². The van der Waals surface area contributed by atoms with Crippen molar-refractivity contribution in [1.82, 2.24) is 14.5 Å². The second kappa shape index (κ2) is 5.57. The molecular formula is C15H13N3O2S. The fourth-order valence-electron chi connectivity index (χ4n) is 2.14. The minimum absolute atomic E-state index is 0.350. The SMILES string of the molecule is COC(=O)c1ccc2ccn(-c3ccnc(SC)n3)c2c1. The lowest BCUT2D eigenvalue weighted by molar-refractivity contribution is 0.0601. The maximum atomic E-state index is 11.7. The van der Waals surface area contributed by atoms with Crippen molar-refractivity contribution in [3.8, 4) is 5.82 Å². The Labute approximate surface area is 126 Å². The third kappa shape index (κ3) is 2.50. The average Bonchev–Trinajstić information content (AvgIpc) is 2.97. The molecule has 0 N–H and O–H groups in total. The van der Waals surface area contributed by atoms with Gasteiger partial charge in [0.25, 0.3) is 0 Å². The van der Waals surface area contributed by atoms with Gasteiger partial charge in [-0.25, -0.2) is 14.8 Å². The van der Waals surface area contributed by atoms with Crippen molar-refractivity contribution in [2.24, 2.45) is 0 Å². The molecule has 0 bridgehead atoms. The summed E-state index contributed by atoms with van der Waals surface area (Å²) in [6.45, 7) is 0. The summed E-state index contributed by atoms with van der Waals surface area (Å²) in [5.41, 5.74) is 1.42. The average molecular weight is 299 g/mol. The fraction of sp³-hybridized carbons (Fsp3) is 0.133. The number of carbonyl (C=O) groups is 1. The monoisotopic (exact) mass is 299 g/mol. The first-order chi connectivity index (χ1) is 10.2. The highest BCUT2D eigenvalue weighted by Crippen LogP contribution is 2.22. The molecule has 0 aliphatic heterocycles. The van der Waals surface area contributed by atoms with Crippen LogP contribution in [0.15, 0.2) is 47.9 Å². The van der Waals surface area contributed by atoms with Crippen LogP contribution in [0.3, 0.4) is 0 Å². The number of nitrogens with zero attached hydrogens (tertiary/aromatic N) is 3. The quantitative estimate of drug-likeness (QED) is 0.423. The largest absolute Gasteiger partial charge is 0.465 e. The highest BCUT2D eigenvalue weighted by molar-refractivity contribution is 7.98. The van der Waals surface area contributed by atoms with Crippen molar-refractivity contribution >= 4 is 28.6 Å². The normalized spacial score (nSPS) is 10.8. The number of fused-ring (bicyclic) bond motifs is 1. The lowest BCUT2D eigenvalue weighted by Crippen LogP contribution is -2.02. The molecule has 0 spiro atoms. The summed E-state index contributed by atoms with van der Waals surface area (Å²) >= 11 is 1.49. The maximum Gasteiger partial charge on any atom is 0.337 e. The topological polar surface area (TPSA) is 57.0 Å². The van der Waals surface area contributed by atoms with E-state index in [1.807, 2.05) is 41.3 Å². The Hall–Kier alpha value is -2.34. The van der Waals surface area contributed by atoms with Gasteiger partial charge in [0.1, 0.15) is 5.82 Å². The standard InChI is InChI=1S/C15H13N3O2S/c1-20-14(19)11-4-3-10-6-8-18(12(10)9-11)13-5-7-16-15(17-13)21-2/h3-9H,1-2H3. The number of carbonyl (C=O) groups excluding carboxylic acids is 1. The molecule has 3 rings (SSSR count). The maximum absolute atomic E-state index is 11.7. The number of aromatic nitrogens is 3. The van der Waals surface area contributed by atoms with Gasteiger partial charge in [0.2, 0.25) is 0 Å². The highest BCUT2D eigenvalue weighted by atomic mass is 32.2. The highest BCUT2D eigenvalue weighted by Gasteiger charge is 2.10. The predicted octanol–water partition coefficient (Wildman–Crippen LogP) is 2.93. The van der Waals surface area contributed by atoms with Crippen LogP contribution in [-0.2, 0) is 4.74 Å². The van der Waals surface area contributed by atoms with Crippen LogP contribution < -0.4 is 0 Å². The zero-order valence-electron chi connectivity index (χ0n) is 11.6. The zero-order valence-corrected chi connectivity index (χ0v) is 12.4. The fourth-order valence-corrected chi connectivity index (χ4v) is 2.49. The second-order valence-electron chi connectivity index (χ2n) is 4.35. The van der Waals surface area contributed by atoms with E-state index < -0.39 is 0 Å². The van der Waals surface area contributed by atoms with Gasteiger partial charge in [0.15, 0.2) is 5.16 Å². The molecule has 21 heavy (non-hydrogen) atoms. The van der Waals surface area contributed by atoms with Gasteiger partial charge in [-0.3, -0.25) is 0 Å². The lowest BCUT2D eigenvalue weighted by Gasteiger charge is -2.06. The molecule has 106 valence electrons. The van der Waals surface area contributed by atoms with Gasteiger partial charge in [-0.05, 0) is 30.5 Å². The van der Waals surface area contributed by atoms with E-state index in [0.717, 1.165) is 16.7 Å². The number of benzene rings is 1. The molecule has 0 saturated carbocycles. The van der Waals surface area contributed by atoms with Crippen LogP contribution in [0, 0.1) is 0 Å².